The number of carbonyl (C=O) groups is 2. The van der Waals surface area contributed by atoms with E-state index in [1.165, 1.54) is 16.7 Å². The van der Waals surface area contributed by atoms with E-state index >= 15 is 0 Å². The van der Waals surface area contributed by atoms with Gasteiger partial charge in [0.25, 0.3) is 17.4 Å². The molecule has 10 heteroatoms. The number of H-pyrrole nitrogens is 1. The SMILES string of the molecule is COc1ccc(C(C)(C)O)cc1-c1cn(C)c(=O)c2[nH]c(C(=O)NCc3ccc(C(=O)NO)cc3)cc12. The summed E-state index contributed by atoms with van der Waals surface area (Å²) in [6, 6.07) is 13.3. The Hall–Kier alpha value is -4.41. The monoisotopic (exact) mass is 504 g/mol. The van der Waals surface area contributed by atoms with Crippen LogP contribution >= 0.6 is 0 Å². The first kappa shape index (κ1) is 25.7. The van der Waals surface area contributed by atoms with Crippen LogP contribution in [0.1, 0.15) is 45.8 Å². The van der Waals surface area contributed by atoms with Crippen LogP contribution < -0.4 is 21.1 Å². The number of benzene rings is 2. The lowest BCUT2D eigenvalue weighted by molar-refractivity contribution is 0.0706. The van der Waals surface area contributed by atoms with Crippen molar-refractivity contribution in [3.63, 3.8) is 0 Å². The predicted octanol–water partition coefficient (Wildman–Crippen LogP) is 2.82. The van der Waals surface area contributed by atoms with E-state index in [-0.39, 0.29) is 28.9 Å². The Morgan fingerprint density at radius 2 is 1.76 bits per heavy atom. The Kier molecular flexibility index (Phi) is 6.88. The third-order valence-corrected chi connectivity index (χ3v) is 6.18. The van der Waals surface area contributed by atoms with Crippen molar-refractivity contribution in [2.24, 2.45) is 7.05 Å². The van der Waals surface area contributed by atoms with E-state index in [1.54, 1.807) is 70.0 Å². The Morgan fingerprint density at radius 1 is 1.05 bits per heavy atom. The first-order valence-corrected chi connectivity index (χ1v) is 11.5. The number of aryl methyl sites for hydroxylation is 1. The third kappa shape index (κ3) is 5.11. The highest BCUT2D eigenvalue weighted by molar-refractivity contribution is 6.03. The number of aromatic amines is 1. The van der Waals surface area contributed by atoms with E-state index in [2.05, 4.69) is 10.3 Å². The number of hydroxylamine groups is 1. The van der Waals surface area contributed by atoms with Crippen LogP contribution in [0, 0.1) is 0 Å². The van der Waals surface area contributed by atoms with Crippen molar-refractivity contribution in [3.05, 3.63) is 87.5 Å². The molecule has 5 N–H and O–H groups in total. The summed E-state index contributed by atoms with van der Waals surface area (Å²) >= 11 is 0. The number of nitrogens with zero attached hydrogens (tertiary/aromatic N) is 1. The second-order valence-electron chi connectivity index (χ2n) is 9.23. The van der Waals surface area contributed by atoms with Crippen LogP contribution in [0.2, 0.25) is 0 Å². The van der Waals surface area contributed by atoms with Crippen molar-refractivity contribution in [2.45, 2.75) is 26.0 Å². The minimum absolute atomic E-state index is 0.182. The van der Waals surface area contributed by atoms with Crippen molar-refractivity contribution < 1.29 is 24.6 Å². The summed E-state index contributed by atoms with van der Waals surface area (Å²) in [4.78, 5) is 40.3. The Morgan fingerprint density at radius 3 is 2.38 bits per heavy atom. The van der Waals surface area contributed by atoms with Crippen molar-refractivity contribution in [1.29, 1.82) is 0 Å². The minimum atomic E-state index is -1.09. The maximum Gasteiger partial charge on any atom is 0.274 e. The maximum atomic E-state index is 13.0. The van der Waals surface area contributed by atoms with E-state index in [4.69, 9.17) is 9.94 Å². The van der Waals surface area contributed by atoms with Gasteiger partial charge in [0, 0.05) is 41.9 Å². The standard InChI is InChI=1S/C27H28N4O6/c1-27(2,35)17-9-10-22(37-4)18(11-17)20-14-31(3)26(34)23-19(20)12-21(29-23)25(33)28-13-15-5-7-16(8-6-15)24(32)30-36/h5-12,14,29,35-36H,13H2,1-4H3,(H,28,33)(H,30,32). The molecule has 0 saturated carbocycles. The molecule has 4 aromatic rings. The smallest absolute Gasteiger partial charge is 0.274 e. The van der Waals surface area contributed by atoms with Crippen molar-refractivity contribution in [2.75, 3.05) is 7.11 Å². The number of hydrogen-bond donors (Lipinski definition) is 5. The predicted molar refractivity (Wildman–Crippen MR) is 138 cm³/mol. The first-order chi connectivity index (χ1) is 17.5. The number of rotatable bonds is 7. The van der Waals surface area contributed by atoms with Crippen molar-refractivity contribution in [1.82, 2.24) is 20.3 Å². The Labute approximate surface area is 212 Å². The fourth-order valence-corrected chi connectivity index (χ4v) is 4.09. The largest absolute Gasteiger partial charge is 0.496 e. The lowest BCUT2D eigenvalue weighted by Gasteiger charge is -2.20. The fourth-order valence-electron chi connectivity index (χ4n) is 4.09. The lowest BCUT2D eigenvalue weighted by atomic mass is 9.93. The topological polar surface area (TPSA) is 146 Å². The van der Waals surface area contributed by atoms with Gasteiger partial charge in [-0.1, -0.05) is 18.2 Å². The average Bonchev–Trinajstić information content (AvgIpc) is 3.34. The number of aromatic nitrogens is 2. The van der Waals surface area contributed by atoms with Crippen LogP contribution in [0.3, 0.4) is 0 Å². The number of fused-ring (bicyclic) bond motifs is 1. The van der Waals surface area contributed by atoms with Gasteiger partial charge in [-0.05, 0) is 55.3 Å². The van der Waals surface area contributed by atoms with Gasteiger partial charge in [-0.3, -0.25) is 19.6 Å². The molecule has 0 aliphatic heterocycles. The van der Waals surface area contributed by atoms with Gasteiger partial charge in [0.05, 0.1) is 12.7 Å². The minimum Gasteiger partial charge on any atom is -0.496 e. The van der Waals surface area contributed by atoms with E-state index in [1.807, 2.05) is 6.07 Å². The molecular weight excluding hydrogens is 476 g/mol. The molecule has 0 bridgehead atoms. The van der Waals surface area contributed by atoms with Gasteiger partial charge in [0.2, 0.25) is 0 Å². The number of pyridine rings is 1. The first-order valence-electron chi connectivity index (χ1n) is 11.5. The van der Waals surface area contributed by atoms with E-state index < -0.39 is 17.4 Å². The second kappa shape index (κ2) is 9.92. The van der Waals surface area contributed by atoms with Crippen LogP contribution in [0.25, 0.3) is 22.0 Å². The fraction of sp³-hybridized carbons (Fsp3) is 0.222. The van der Waals surface area contributed by atoms with Crippen LogP contribution in [-0.2, 0) is 19.2 Å². The van der Waals surface area contributed by atoms with Gasteiger partial charge in [0.1, 0.15) is 17.0 Å². The molecule has 0 radical (unpaired) electrons. The van der Waals surface area contributed by atoms with Gasteiger partial charge >= 0.3 is 0 Å². The molecular formula is C27H28N4O6. The summed E-state index contributed by atoms with van der Waals surface area (Å²) in [7, 11) is 3.17. The molecule has 2 amide bonds. The zero-order valence-electron chi connectivity index (χ0n) is 20.9. The maximum absolute atomic E-state index is 13.0. The highest BCUT2D eigenvalue weighted by Crippen LogP contribution is 2.37. The molecule has 0 aliphatic rings. The van der Waals surface area contributed by atoms with E-state index in [0.717, 1.165) is 5.56 Å². The number of amides is 2. The third-order valence-electron chi connectivity index (χ3n) is 6.18. The molecule has 0 aliphatic carbocycles. The summed E-state index contributed by atoms with van der Waals surface area (Å²) in [6.07, 6.45) is 1.68. The summed E-state index contributed by atoms with van der Waals surface area (Å²) in [5, 5.41) is 22.6. The van der Waals surface area contributed by atoms with Crippen LogP contribution in [0.4, 0.5) is 0 Å². The Balaban J connectivity index is 1.70. The quantitative estimate of drug-likeness (QED) is 0.193. The second-order valence-corrected chi connectivity index (χ2v) is 9.23. The summed E-state index contributed by atoms with van der Waals surface area (Å²) < 4.78 is 6.99. The molecule has 10 nitrogen and oxygen atoms in total. The molecule has 192 valence electrons. The highest BCUT2D eigenvalue weighted by atomic mass is 16.5. The highest BCUT2D eigenvalue weighted by Gasteiger charge is 2.22. The normalized spacial score (nSPS) is 11.4. The summed E-state index contributed by atoms with van der Waals surface area (Å²) in [5.41, 5.74) is 3.66. The number of nitrogens with one attached hydrogen (secondary N) is 3. The summed E-state index contributed by atoms with van der Waals surface area (Å²) in [6.45, 7) is 3.55. The lowest BCUT2D eigenvalue weighted by Crippen LogP contribution is -2.23. The number of ether oxygens (including phenoxy) is 1. The van der Waals surface area contributed by atoms with Gasteiger partial charge < -0.3 is 24.7 Å². The molecule has 0 spiro atoms. The van der Waals surface area contributed by atoms with Gasteiger partial charge in [0.15, 0.2) is 0 Å². The molecule has 0 atom stereocenters. The molecule has 4 rings (SSSR count). The van der Waals surface area contributed by atoms with E-state index in [9.17, 15) is 19.5 Å². The number of methoxy groups -OCH3 is 1. The molecule has 0 unspecified atom stereocenters. The van der Waals surface area contributed by atoms with Crippen LogP contribution in [-0.4, -0.2) is 38.8 Å². The zero-order valence-corrected chi connectivity index (χ0v) is 20.9. The molecule has 0 fully saturated rings. The molecule has 0 saturated heterocycles. The van der Waals surface area contributed by atoms with Crippen molar-refractivity contribution >= 4 is 22.7 Å². The van der Waals surface area contributed by atoms with Gasteiger partial charge in [-0.2, -0.15) is 0 Å². The van der Waals surface area contributed by atoms with Crippen LogP contribution in [0.15, 0.2) is 59.5 Å². The van der Waals surface area contributed by atoms with Gasteiger partial charge in [-0.25, -0.2) is 5.48 Å². The molecule has 2 aromatic carbocycles. The molecule has 37 heavy (non-hydrogen) atoms. The van der Waals surface area contributed by atoms with Crippen molar-refractivity contribution in [3.8, 4) is 16.9 Å². The average molecular weight is 505 g/mol. The Bertz CT molecular complexity index is 1540. The molecule has 2 heterocycles. The molecule has 2 aromatic heterocycles. The van der Waals surface area contributed by atoms with E-state index in [0.29, 0.717) is 27.8 Å². The van der Waals surface area contributed by atoms with Gasteiger partial charge in [-0.15, -0.1) is 0 Å². The summed E-state index contributed by atoms with van der Waals surface area (Å²) in [5.74, 6) is -0.493. The van der Waals surface area contributed by atoms with Crippen LogP contribution in [0.5, 0.6) is 5.75 Å². The number of hydrogen-bond acceptors (Lipinski definition) is 6. The number of aliphatic hydroxyl groups is 1. The number of carbonyl (C=O) groups excluding carboxylic acids is 2. The zero-order chi connectivity index (χ0) is 26.9.